The van der Waals surface area contributed by atoms with E-state index in [9.17, 15) is 9.90 Å². The van der Waals surface area contributed by atoms with Crippen molar-refractivity contribution in [1.29, 1.82) is 0 Å². The summed E-state index contributed by atoms with van der Waals surface area (Å²) in [5.74, 6) is -1.01. The molecule has 122 valence electrons. The largest absolute Gasteiger partial charge is 0.478 e. The van der Waals surface area contributed by atoms with Crippen molar-refractivity contribution in [1.82, 2.24) is 14.5 Å². The average molecular weight is 329 g/mol. The van der Waals surface area contributed by atoms with Gasteiger partial charge in [-0.3, -0.25) is 0 Å². The molecule has 0 bridgehead atoms. The number of carboxylic acid groups (broad SMARTS) is 1. The summed E-state index contributed by atoms with van der Waals surface area (Å²) >= 11 is 0. The Morgan fingerprint density at radius 3 is 2.28 bits per heavy atom. The van der Waals surface area contributed by atoms with Crippen LogP contribution >= 0.6 is 0 Å². The maximum atomic E-state index is 11.6. The lowest BCUT2D eigenvalue weighted by molar-refractivity contribution is 0.0699. The number of hydrogen-bond donors (Lipinski definition) is 1. The Morgan fingerprint density at radius 2 is 1.60 bits per heavy atom. The van der Waals surface area contributed by atoms with E-state index in [1.165, 1.54) is 0 Å². The van der Waals surface area contributed by atoms with Gasteiger partial charge in [0.15, 0.2) is 5.65 Å². The van der Waals surface area contributed by atoms with E-state index < -0.39 is 5.97 Å². The summed E-state index contributed by atoms with van der Waals surface area (Å²) in [6.07, 6.45) is 1.58. The van der Waals surface area contributed by atoms with Crippen molar-refractivity contribution in [3.63, 3.8) is 0 Å². The van der Waals surface area contributed by atoms with Crippen LogP contribution in [0.4, 0.5) is 0 Å². The third-order valence-corrected chi connectivity index (χ3v) is 4.19. The smallest absolute Gasteiger partial charge is 0.338 e. The summed E-state index contributed by atoms with van der Waals surface area (Å²) in [4.78, 5) is 20.3. The molecule has 4 aromatic rings. The molecule has 0 atom stereocenters. The molecular formula is C20H15N3O2. The molecule has 0 saturated heterocycles. The number of aromatic nitrogens is 3. The molecule has 0 unspecified atom stereocenters. The first kappa shape index (κ1) is 15.1. The molecule has 5 heteroatoms. The molecule has 0 amide bonds. The molecule has 0 aliphatic carbocycles. The molecule has 0 aliphatic heterocycles. The number of carboxylic acids is 1. The molecule has 4 rings (SSSR count). The normalized spacial score (nSPS) is 10.9. The van der Waals surface area contributed by atoms with E-state index in [4.69, 9.17) is 0 Å². The van der Waals surface area contributed by atoms with Gasteiger partial charge in [-0.15, -0.1) is 0 Å². The summed E-state index contributed by atoms with van der Waals surface area (Å²) in [6, 6.07) is 19.6. The zero-order valence-electron chi connectivity index (χ0n) is 13.5. The van der Waals surface area contributed by atoms with Crippen molar-refractivity contribution < 1.29 is 9.90 Å². The van der Waals surface area contributed by atoms with E-state index in [0.717, 1.165) is 16.7 Å². The Balaban J connectivity index is 1.82. The minimum atomic E-state index is -1.01. The van der Waals surface area contributed by atoms with Crippen LogP contribution in [0.2, 0.25) is 0 Å². The number of benzene rings is 2. The van der Waals surface area contributed by atoms with Crippen molar-refractivity contribution in [2.75, 3.05) is 0 Å². The van der Waals surface area contributed by atoms with Crippen LogP contribution in [0.1, 0.15) is 10.4 Å². The highest BCUT2D eigenvalue weighted by Crippen LogP contribution is 2.26. The summed E-state index contributed by atoms with van der Waals surface area (Å²) in [5, 5.41) is 9.48. The fraction of sp³-hybridized carbons (Fsp3) is 0.0500. The van der Waals surface area contributed by atoms with Crippen LogP contribution in [0.5, 0.6) is 0 Å². The van der Waals surface area contributed by atoms with Crippen molar-refractivity contribution in [2.45, 2.75) is 0 Å². The molecule has 2 aromatic carbocycles. The van der Waals surface area contributed by atoms with Gasteiger partial charge in [0, 0.05) is 12.6 Å². The topological polar surface area (TPSA) is 68.0 Å². The van der Waals surface area contributed by atoms with Crippen LogP contribution in [-0.4, -0.2) is 25.6 Å². The molecule has 0 saturated carbocycles. The number of aryl methyl sites for hydroxylation is 1. The van der Waals surface area contributed by atoms with Gasteiger partial charge in [-0.25, -0.2) is 14.8 Å². The van der Waals surface area contributed by atoms with Crippen molar-refractivity contribution in [3.8, 4) is 22.4 Å². The van der Waals surface area contributed by atoms with Crippen molar-refractivity contribution >= 4 is 17.1 Å². The first-order chi connectivity index (χ1) is 12.1. The molecule has 25 heavy (non-hydrogen) atoms. The highest BCUT2D eigenvalue weighted by molar-refractivity contribution is 6.01. The van der Waals surface area contributed by atoms with Gasteiger partial charge in [-0.1, -0.05) is 54.6 Å². The molecule has 2 aromatic heterocycles. The third-order valence-electron chi connectivity index (χ3n) is 4.19. The predicted molar refractivity (Wildman–Crippen MR) is 96.3 cm³/mol. The van der Waals surface area contributed by atoms with Gasteiger partial charge < -0.3 is 9.67 Å². The summed E-state index contributed by atoms with van der Waals surface area (Å²) in [5.41, 5.74) is 4.84. The summed E-state index contributed by atoms with van der Waals surface area (Å²) in [6.45, 7) is 0. The van der Waals surface area contributed by atoms with Crippen molar-refractivity contribution in [2.24, 2.45) is 7.05 Å². The number of pyridine rings is 1. The molecular weight excluding hydrogens is 314 g/mol. The molecule has 1 N–H and O–H groups in total. The maximum absolute atomic E-state index is 11.6. The standard InChI is InChI=1S/C20H15N3O2/c1-23-12-21-18-16(20(24)25)11-17(22-19(18)23)15-9-7-14(8-10-15)13-5-3-2-4-6-13/h2-12H,1H3,(H,24,25). The van der Waals surface area contributed by atoms with E-state index in [2.05, 4.69) is 22.1 Å². The zero-order valence-corrected chi connectivity index (χ0v) is 13.5. The molecule has 5 nitrogen and oxygen atoms in total. The van der Waals surface area contributed by atoms with Gasteiger partial charge in [0.1, 0.15) is 5.52 Å². The van der Waals surface area contributed by atoms with Crippen LogP contribution in [0.25, 0.3) is 33.5 Å². The fourth-order valence-corrected chi connectivity index (χ4v) is 2.87. The van der Waals surface area contributed by atoms with E-state index in [1.54, 1.807) is 24.0 Å². The first-order valence-corrected chi connectivity index (χ1v) is 7.85. The van der Waals surface area contributed by atoms with E-state index in [-0.39, 0.29) is 5.56 Å². The monoisotopic (exact) mass is 329 g/mol. The summed E-state index contributed by atoms with van der Waals surface area (Å²) < 4.78 is 1.73. The van der Waals surface area contributed by atoms with E-state index in [0.29, 0.717) is 16.9 Å². The Bertz CT molecular complexity index is 1070. The number of rotatable bonds is 3. The molecule has 2 heterocycles. The van der Waals surface area contributed by atoms with Gasteiger partial charge in [-0.2, -0.15) is 0 Å². The lowest BCUT2D eigenvalue weighted by atomic mass is 10.0. The van der Waals surface area contributed by atoms with Gasteiger partial charge in [-0.05, 0) is 17.2 Å². The second-order valence-corrected chi connectivity index (χ2v) is 5.83. The lowest BCUT2D eigenvalue weighted by Crippen LogP contribution is -2.01. The van der Waals surface area contributed by atoms with Crippen LogP contribution < -0.4 is 0 Å². The zero-order chi connectivity index (χ0) is 17.4. The number of fused-ring (bicyclic) bond motifs is 1. The Labute approximate surface area is 144 Å². The van der Waals surface area contributed by atoms with Crippen LogP contribution in [-0.2, 0) is 7.05 Å². The minimum Gasteiger partial charge on any atom is -0.478 e. The first-order valence-electron chi connectivity index (χ1n) is 7.85. The number of hydrogen-bond acceptors (Lipinski definition) is 3. The second kappa shape index (κ2) is 5.87. The maximum Gasteiger partial charge on any atom is 0.338 e. The molecule has 0 radical (unpaired) electrons. The quantitative estimate of drug-likeness (QED) is 0.617. The minimum absolute atomic E-state index is 0.160. The Kier molecular flexibility index (Phi) is 3.54. The number of nitrogens with zero attached hydrogens (tertiary/aromatic N) is 3. The highest BCUT2D eigenvalue weighted by Gasteiger charge is 2.16. The second-order valence-electron chi connectivity index (χ2n) is 5.83. The predicted octanol–water partition coefficient (Wildman–Crippen LogP) is 4.00. The Hall–Kier alpha value is -3.47. The number of imidazole rings is 1. The number of carbonyl (C=O) groups is 1. The van der Waals surface area contributed by atoms with Gasteiger partial charge in [0.05, 0.1) is 17.6 Å². The van der Waals surface area contributed by atoms with Gasteiger partial charge >= 0.3 is 5.97 Å². The van der Waals surface area contributed by atoms with Gasteiger partial charge in [0.2, 0.25) is 0 Å². The lowest BCUT2D eigenvalue weighted by Gasteiger charge is -2.07. The van der Waals surface area contributed by atoms with Gasteiger partial charge in [0.25, 0.3) is 0 Å². The van der Waals surface area contributed by atoms with Crippen LogP contribution in [0.15, 0.2) is 67.0 Å². The fourth-order valence-electron chi connectivity index (χ4n) is 2.87. The number of aromatic carboxylic acids is 1. The third kappa shape index (κ3) is 2.65. The Morgan fingerprint density at radius 1 is 0.960 bits per heavy atom. The van der Waals surface area contributed by atoms with E-state index in [1.807, 2.05) is 42.5 Å². The van der Waals surface area contributed by atoms with E-state index >= 15 is 0 Å². The average Bonchev–Trinajstić information content (AvgIpc) is 3.03. The molecule has 0 spiro atoms. The molecule has 0 fully saturated rings. The molecule has 0 aliphatic rings. The van der Waals surface area contributed by atoms with Crippen LogP contribution in [0, 0.1) is 0 Å². The highest BCUT2D eigenvalue weighted by atomic mass is 16.4. The van der Waals surface area contributed by atoms with Crippen LogP contribution in [0.3, 0.4) is 0 Å². The SMILES string of the molecule is Cn1cnc2c(C(=O)O)cc(-c3ccc(-c4ccccc4)cc3)nc21. The van der Waals surface area contributed by atoms with Crippen molar-refractivity contribution in [3.05, 3.63) is 72.6 Å². The summed E-state index contributed by atoms with van der Waals surface area (Å²) in [7, 11) is 1.80.